The van der Waals surface area contributed by atoms with Crippen LogP contribution in [0.25, 0.3) is 0 Å². The van der Waals surface area contributed by atoms with E-state index in [0.717, 1.165) is 19.4 Å². The van der Waals surface area contributed by atoms with Crippen LogP contribution in [0.5, 0.6) is 0 Å². The minimum absolute atomic E-state index is 0.199. The fraction of sp³-hybridized carbons (Fsp3) is 0.538. The van der Waals surface area contributed by atoms with E-state index >= 15 is 0 Å². The molecule has 1 rings (SSSR count). The lowest BCUT2D eigenvalue weighted by Crippen LogP contribution is -2.24. The zero-order chi connectivity index (χ0) is 11.3. The van der Waals surface area contributed by atoms with E-state index < -0.39 is 0 Å². The Morgan fingerprint density at radius 3 is 2.73 bits per heavy atom. The zero-order valence-electron chi connectivity index (χ0n) is 9.92. The van der Waals surface area contributed by atoms with Gasteiger partial charge in [-0.15, -0.1) is 0 Å². The van der Waals surface area contributed by atoms with Crippen molar-refractivity contribution in [2.24, 2.45) is 5.73 Å². The molecule has 1 aromatic rings. The summed E-state index contributed by atoms with van der Waals surface area (Å²) in [5.74, 6) is 0. The van der Waals surface area contributed by atoms with Gasteiger partial charge in [-0.25, -0.2) is 0 Å². The molecule has 0 fully saturated rings. The predicted octanol–water partition coefficient (Wildman–Crippen LogP) is 2.21. The van der Waals surface area contributed by atoms with E-state index in [9.17, 15) is 0 Å². The molecule has 0 amide bonds. The van der Waals surface area contributed by atoms with Crippen molar-refractivity contribution < 1.29 is 4.74 Å². The zero-order valence-corrected chi connectivity index (χ0v) is 9.92. The van der Waals surface area contributed by atoms with E-state index in [1.54, 1.807) is 7.11 Å². The van der Waals surface area contributed by atoms with Crippen molar-refractivity contribution in [2.75, 3.05) is 13.7 Å². The number of aryl methyl sites for hydroxylation is 2. The maximum Gasteiger partial charge on any atom is 0.0477 e. The van der Waals surface area contributed by atoms with Crippen LogP contribution in [0, 0.1) is 13.8 Å². The van der Waals surface area contributed by atoms with Gasteiger partial charge in [0.2, 0.25) is 0 Å². The molecule has 1 unspecified atom stereocenters. The van der Waals surface area contributed by atoms with Gasteiger partial charge in [0.25, 0.3) is 0 Å². The van der Waals surface area contributed by atoms with Crippen LogP contribution in [0.1, 0.15) is 23.1 Å². The fourth-order valence-corrected chi connectivity index (χ4v) is 1.67. The van der Waals surface area contributed by atoms with Gasteiger partial charge in [0.1, 0.15) is 0 Å². The quantitative estimate of drug-likeness (QED) is 0.803. The van der Waals surface area contributed by atoms with E-state index in [2.05, 4.69) is 32.0 Å². The number of rotatable bonds is 5. The first-order chi connectivity index (χ1) is 7.13. The summed E-state index contributed by atoms with van der Waals surface area (Å²) in [6.07, 6.45) is 1.86. The highest BCUT2D eigenvalue weighted by atomic mass is 16.5. The Morgan fingerprint density at radius 1 is 1.33 bits per heavy atom. The summed E-state index contributed by atoms with van der Waals surface area (Å²) >= 11 is 0. The van der Waals surface area contributed by atoms with E-state index in [-0.39, 0.29) is 6.04 Å². The number of benzene rings is 1. The van der Waals surface area contributed by atoms with Crippen molar-refractivity contribution in [3.63, 3.8) is 0 Å². The summed E-state index contributed by atoms with van der Waals surface area (Å²) in [5.41, 5.74) is 10.0. The van der Waals surface area contributed by atoms with E-state index in [4.69, 9.17) is 10.5 Å². The fourth-order valence-electron chi connectivity index (χ4n) is 1.67. The number of ether oxygens (including phenoxy) is 1. The minimum Gasteiger partial charge on any atom is -0.385 e. The smallest absolute Gasteiger partial charge is 0.0477 e. The first kappa shape index (κ1) is 12.2. The summed E-state index contributed by atoms with van der Waals surface area (Å²) in [4.78, 5) is 0. The molecule has 0 aliphatic carbocycles. The molecular formula is C13H21NO. The van der Waals surface area contributed by atoms with Crippen LogP contribution in [0.3, 0.4) is 0 Å². The Labute approximate surface area is 92.4 Å². The molecule has 0 saturated carbocycles. The van der Waals surface area contributed by atoms with Crippen molar-refractivity contribution in [3.8, 4) is 0 Å². The number of methoxy groups -OCH3 is 1. The van der Waals surface area contributed by atoms with Crippen molar-refractivity contribution in [3.05, 3.63) is 34.9 Å². The molecular weight excluding hydrogens is 186 g/mol. The normalized spacial score (nSPS) is 12.8. The average Bonchev–Trinajstić information content (AvgIpc) is 2.20. The van der Waals surface area contributed by atoms with Crippen LogP contribution < -0.4 is 5.73 Å². The van der Waals surface area contributed by atoms with E-state index in [0.29, 0.717) is 0 Å². The van der Waals surface area contributed by atoms with Gasteiger partial charge in [-0.1, -0.05) is 23.8 Å². The third-order valence-corrected chi connectivity index (χ3v) is 2.68. The van der Waals surface area contributed by atoms with Gasteiger partial charge in [0.15, 0.2) is 0 Å². The topological polar surface area (TPSA) is 35.2 Å². The van der Waals surface area contributed by atoms with Crippen LogP contribution in [-0.2, 0) is 11.2 Å². The third kappa shape index (κ3) is 4.02. The molecule has 0 bridgehead atoms. The van der Waals surface area contributed by atoms with Crippen molar-refractivity contribution in [2.45, 2.75) is 32.7 Å². The number of hydrogen-bond donors (Lipinski definition) is 1. The molecule has 84 valence electrons. The first-order valence-electron chi connectivity index (χ1n) is 5.44. The molecule has 1 atom stereocenters. The number of hydrogen-bond acceptors (Lipinski definition) is 2. The third-order valence-electron chi connectivity index (χ3n) is 2.68. The van der Waals surface area contributed by atoms with Gasteiger partial charge >= 0.3 is 0 Å². The van der Waals surface area contributed by atoms with Crippen molar-refractivity contribution in [1.82, 2.24) is 0 Å². The molecule has 15 heavy (non-hydrogen) atoms. The predicted molar refractivity (Wildman–Crippen MR) is 64.1 cm³/mol. The highest BCUT2D eigenvalue weighted by Crippen LogP contribution is 2.13. The second-order valence-electron chi connectivity index (χ2n) is 4.18. The largest absolute Gasteiger partial charge is 0.385 e. The Bertz CT molecular complexity index is 309. The maximum absolute atomic E-state index is 6.03. The molecule has 2 heteroatoms. The molecule has 2 nitrogen and oxygen atoms in total. The molecule has 0 aliphatic rings. The summed E-state index contributed by atoms with van der Waals surface area (Å²) in [5, 5.41) is 0. The Hall–Kier alpha value is -0.860. The lowest BCUT2D eigenvalue weighted by molar-refractivity contribution is 0.188. The van der Waals surface area contributed by atoms with Gasteiger partial charge < -0.3 is 10.5 Å². The van der Waals surface area contributed by atoms with Crippen molar-refractivity contribution >= 4 is 0 Å². The summed E-state index contributed by atoms with van der Waals surface area (Å²) in [6, 6.07) is 6.72. The van der Waals surface area contributed by atoms with E-state index in [1.807, 2.05) is 0 Å². The van der Waals surface area contributed by atoms with Crippen LogP contribution in [-0.4, -0.2) is 19.8 Å². The maximum atomic E-state index is 6.03. The lowest BCUT2D eigenvalue weighted by atomic mass is 9.98. The van der Waals surface area contributed by atoms with Gasteiger partial charge in [0.05, 0.1) is 0 Å². The second-order valence-corrected chi connectivity index (χ2v) is 4.18. The van der Waals surface area contributed by atoms with E-state index in [1.165, 1.54) is 16.7 Å². The van der Waals surface area contributed by atoms with Gasteiger partial charge in [-0.2, -0.15) is 0 Å². The van der Waals surface area contributed by atoms with Crippen molar-refractivity contribution in [1.29, 1.82) is 0 Å². The van der Waals surface area contributed by atoms with Gasteiger partial charge in [-0.05, 0) is 37.8 Å². The highest BCUT2D eigenvalue weighted by molar-refractivity contribution is 5.31. The Balaban J connectivity index is 2.59. The van der Waals surface area contributed by atoms with Gasteiger partial charge in [-0.3, -0.25) is 0 Å². The monoisotopic (exact) mass is 207 g/mol. The second kappa shape index (κ2) is 5.89. The minimum atomic E-state index is 0.199. The Morgan fingerprint density at radius 2 is 2.07 bits per heavy atom. The molecule has 0 aliphatic heterocycles. The first-order valence-corrected chi connectivity index (χ1v) is 5.44. The number of nitrogens with two attached hydrogens (primary N) is 1. The molecule has 0 radical (unpaired) electrons. The van der Waals surface area contributed by atoms with Crippen LogP contribution >= 0.6 is 0 Å². The summed E-state index contributed by atoms with van der Waals surface area (Å²) in [6.45, 7) is 4.99. The van der Waals surface area contributed by atoms with Crippen LogP contribution in [0.2, 0.25) is 0 Å². The molecule has 0 saturated heterocycles. The Kier molecular flexibility index (Phi) is 4.79. The molecule has 0 spiro atoms. The lowest BCUT2D eigenvalue weighted by Gasteiger charge is -2.13. The average molecular weight is 207 g/mol. The summed E-state index contributed by atoms with van der Waals surface area (Å²) in [7, 11) is 1.71. The molecule has 0 aromatic heterocycles. The summed E-state index contributed by atoms with van der Waals surface area (Å²) < 4.78 is 5.02. The van der Waals surface area contributed by atoms with Crippen LogP contribution in [0.4, 0.5) is 0 Å². The SMILES string of the molecule is COCCC(N)Cc1cc(C)ccc1C. The molecule has 0 heterocycles. The standard InChI is InChI=1S/C13H21NO/c1-10-4-5-11(2)12(8-10)9-13(14)6-7-15-3/h4-5,8,13H,6-7,9,14H2,1-3H3. The van der Waals surface area contributed by atoms with Gasteiger partial charge in [0, 0.05) is 19.8 Å². The molecule has 2 N–H and O–H groups in total. The molecule has 1 aromatic carbocycles. The van der Waals surface area contributed by atoms with Crippen LogP contribution in [0.15, 0.2) is 18.2 Å². The highest BCUT2D eigenvalue weighted by Gasteiger charge is 2.06.